The first-order valence-electron chi connectivity index (χ1n) is 8.93. The number of aromatic nitrogens is 1. The van der Waals surface area contributed by atoms with Crippen molar-refractivity contribution in [1.82, 2.24) is 4.98 Å². The molecule has 1 N–H and O–H groups in total. The summed E-state index contributed by atoms with van der Waals surface area (Å²) in [4.78, 5) is 16.6. The highest BCUT2D eigenvalue weighted by molar-refractivity contribution is 5.92. The van der Waals surface area contributed by atoms with Crippen LogP contribution >= 0.6 is 0 Å². The van der Waals surface area contributed by atoms with Gasteiger partial charge in [-0.1, -0.05) is 29.8 Å². The van der Waals surface area contributed by atoms with Gasteiger partial charge >= 0.3 is 0 Å². The number of amides is 1. The second-order valence-electron chi connectivity index (χ2n) is 6.67. The topological polar surface area (TPSA) is 64.4 Å². The highest BCUT2D eigenvalue weighted by atomic mass is 16.5. The number of benzene rings is 2. The first kappa shape index (κ1) is 18.7. The molecular weight excluding hydrogens is 340 g/mol. The third kappa shape index (κ3) is 4.56. The van der Waals surface area contributed by atoms with E-state index in [0.717, 1.165) is 28.1 Å². The Labute approximate surface area is 159 Å². The highest BCUT2D eigenvalue weighted by Crippen LogP contribution is 2.25. The van der Waals surface area contributed by atoms with E-state index in [-0.39, 0.29) is 5.91 Å². The monoisotopic (exact) mass is 364 g/mol. The second kappa shape index (κ2) is 8.08. The predicted octanol–water partition coefficient (Wildman–Crippen LogP) is 4.85. The molecular formula is C22H24N2O3. The van der Waals surface area contributed by atoms with Crippen LogP contribution in [0.25, 0.3) is 11.3 Å². The fraction of sp³-hybridized carbons (Fsp3) is 0.273. The van der Waals surface area contributed by atoms with Gasteiger partial charge in [-0.05, 0) is 44.0 Å². The molecule has 3 rings (SSSR count). The van der Waals surface area contributed by atoms with Gasteiger partial charge in [-0.2, -0.15) is 0 Å². The lowest BCUT2D eigenvalue weighted by Crippen LogP contribution is -2.14. The Morgan fingerprint density at radius 3 is 2.59 bits per heavy atom. The van der Waals surface area contributed by atoms with Crippen molar-refractivity contribution < 1.29 is 13.9 Å². The molecule has 27 heavy (non-hydrogen) atoms. The summed E-state index contributed by atoms with van der Waals surface area (Å²) < 4.78 is 11.0. The normalized spacial score (nSPS) is 10.7. The van der Waals surface area contributed by atoms with Crippen LogP contribution in [0, 0.1) is 20.8 Å². The van der Waals surface area contributed by atoms with Gasteiger partial charge in [0.25, 0.3) is 0 Å². The van der Waals surface area contributed by atoms with E-state index in [9.17, 15) is 4.79 Å². The Bertz CT molecular complexity index is 937. The molecule has 1 heterocycles. The molecule has 0 spiro atoms. The summed E-state index contributed by atoms with van der Waals surface area (Å²) in [7, 11) is 1.63. The van der Waals surface area contributed by atoms with Crippen molar-refractivity contribution in [3.63, 3.8) is 0 Å². The summed E-state index contributed by atoms with van der Waals surface area (Å²) in [5.41, 5.74) is 5.10. The largest absolute Gasteiger partial charge is 0.497 e. The van der Waals surface area contributed by atoms with E-state index in [0.29, 0.717) is 24.5 Å². The van der Waals surface area contributed by atoms with Gasteiger partial charge in [0, 0.05) is 24.1 Å². The number of methoxy groups -OCH3 is 1. The number of carbonyl (C=O) groups is 1. The number of oxazole rings is 1. The van der Waals surface area contributed by atoms with Crippen LogP contribution in [0.1, 0.15) is 29.0 Å². The Hall–Kier alpha value is -3.08. The molecule has 0 bridgehead atoms. The van der Waals surface area contributed by atoms with Gasteiger partial charge in [0.2, 0.25) is 5.91 Å². The summed E-state index contributed by atoms with van der Waals surface area (Å²) in [6.45, 7) is 6.06. The Morgan fingerprint density at radius 2 is 1.89 bits per heavy atom. The molecule has 3 aromatic rings. The Morgan fingerprint density at radius 1 is 1.15 bits per heavy atom. The van der Waals surface area contributed by atoms with Gasteiger partial charge in [-0.25, -0.2) is 4.98 Å². The lowest BCUT2D eigenvalue weighted by molar-refractivity contribution is -0.116. The first-order chi connectivity index (χ1) is 13.0. The number of ether oxygens (including phenoxy) is 1. The molecule has 0 unspecified atom stereocenters. The molecule has 5 heteroatoms. The zero-order valence-electron chi connectivity index (χ0n) is 16.1. The van der Waals surface area contributed by atoms with E-state index < -0.39 is 0 Å². The molecule has 0 fully saturated rings. The number of carbonyl (C=O) groups excluding carboxylic acids is 1. The number of nitrogens with zero attached hydrogens (tertiary/aromatic N) is 1. The van der Waals surface area contributed by atoms with Crippen LogP contribution in [0.4, 0.5) is 5.69 Å². The molecule has 0 saturated carbocycles. The Balaban J connectivity index is 1.62. The third-order valence-electron chi connectivity index (χ3n) is 4.42. The SMILES string of the molecule is COc1cccc(-c2cnc(CCC(=O)Nc3c(C)cc(C)cc3C)o2)c1. The first-order valence-corrected chi connectivity index (χ1v) is 8.93. The van der Waals surface area contributed by atoms with Crippen LogP contribution in [-0.4, -0.2) is 18.0 Å². The maximum atomic E-state index is 12.3. The fourth-order valence-electron chi connectivity index (χ4n) is 3.14. The molecule has 0 atom stereocenters. The van der Waals surface area contributed by atoms with Gasteiger partial charge in [0.1, 0.15) is 5.75 Å². The minimum Gasteiger partial charge on any atom is -0.497 e. The second-order valence-corrected chi connectivity index (χ2v) is 6.67. The third-order valence-corrected chi connectivity index (χ3v) is 4.42. The van der Waals surface area contributed by atoms with Crippen LogP contribution in [-0.2, 0) is 11.2 Å². The fourth-order valence-corrected chi connectivity index (χ4v) is 3.14. The van der Waals surface area contributed by atoms with Crippen molar-refractivity contribution in [2.75, 3.05) is 12.4 Å². The number of hydrogen-bond acceptors (Lipinski definition) is 4. The average molecular weight is 364 g/mol. The summed E-state index contributed by atoms with van der Waals surface area (Å²) in [5.74, 6) is 1.91. The van der Waals surface area contributed by atoms with Gasteiger partial charge in [-0.3, -0.25) is 4.79 Å². The van der Waals surface area contributed by atoms with E-state index in [1.165, 1.54) is 5.56 Å². The van der Waals surface area contributed by atoms with Gasteiger partial charge < -0.3 is 14.5 Å². The number of anilines is 1. The maximum Gasteiger partial charge on any atom is 0.224 e. The molecule has 0 saturated heterocycles. The number of nitrogens with one attached hydrogen (secondary N) is 1. The highest BCUT2D eigenvalue weighted by Gasteiger charge is 2.12. The summed E-state index contributed by atoms with van der Waals surface area (Å²) in [6, 6.07) is 11.7. The van der Waals surface area contributed by atoms with Crippen molar-refractivity contribution in [3.05, 3.63) is 65.2 Å². The molecule has 0 aliphatic heterocycles. The lowest BCUT2D eigenvalue weighted by Gasteiger charge is -2.12. The quantitative estimate of drug-likeness (QED) is 0.679. The molecule has 2 aromatic carbocycles. The summed E-state index contributed by atoms with van der Waals surface area (Å²) >= 11 is 0. The minimum atomic E-state index is -0.0498. The number of rotatable bonds is 6. The van der Waals surface area contributed by atoms with Crippen molar-refractivity contribution in [2.45, 2.75) is 33.6 Å². The zero-order chi connectivity index (χ0) is 19.4. The average Bonchev–Trinajstić information content (AvgIpc) is 3.12. The predicted molar refractivity (Wildman–Crippen MR) is 106 cm³/mol. The van der Waals surface area contributed by atoms with Crippen LogP contribution in [0.3, 0.4) is 0 Å². The van der Waals surface area contributed by atoms with Gasteiger partial charge in [-0.15, -0.1) is 0 Å². The molecule has 0 aliphatic rings. The van der Waals surface area contributed by atoms with Crippen LogP contribution in [0.15, 0.2) is 47.0 Å². The van der Waals surface area contributed by atoms with Crippen LogP contribution in [0.2, 0.25) is 0 Å². The van der Waals surface area contributed by atoms with E-state index in [1.807, 2.05) is 45.0 Å². The van der Waals surface area contributed by atoms with Gasteiger partial charge in [0.15, 0.2) is 11.7 Å². The van der Waals surface area contributed by atoms with Crippen molar-refractivity contribution >= 4 is 11.6 Å². The van der Waals surface area contributed by atoms with E-state index in [4.69, 9.17) is 9.15 Å². The standard InChI is InChI=1S/C22H24N2O3/c1-14-10-15(2)22(16(3)11-14)24-20(25)8-9-21-23-13-19(27-21)17-6-5-7-18(12-17)26-4/h5-7,10-13H,8-9H2,1-4H3,(H,24,25). The van der Waals surface area contributed by atoms with Crippen LogP contribution < -0.4 is 10.1 Å². The molecule has 0 aliphatic carbocycles. The van der Waals surface area contributed by atoms with Crippen molar-refractivity contribution in [1.29, 1.82) is 0 Å². The number of aryl methyl sites for hydroxylation is 4. The smallest absolute Gasteiger partial charge is 0.224 e. The zero-order valence-corrected chi connectivity index (χ0v) is 16.1. The molecule has 1 amide bonds. The van der Waals surface area contributed by atoms with E-state index in [1.54, 1.807) is 13.3 Å². The summed E-state index contributed by atoms with van der Waals surface area (Å²) in [5, 5.41) is 3.00. The lowest BCUT2D eigenvalue weighted by atomic mass is 10.0. The summed E-state index contributed by atoms with van der Waals surface area (Å²) in [6.07, 6.45) is 2.43. The van der Waals surface area contributed by atoms with Crippen molar-refractivity contribution in [2.24, 2.45) is 0 Å². The van der Waals surface area contributed by atoms with Crippen molar-refractivity contribution in [3.8, 4) is 17.1 Å². The Kier molecular flexibility index (Phi) is 5.60. The molecule has 5 nitrogen and oxygen atoms in total. The maximum absolute atomic E-state index is 12.3. The van der Waals surface area contributed by atoms with E-state index >= 15 is 0 Å². The molecule has 0 radical (unpaired) electrons. The van der Waals surface area contributed by atoms with E-state index in [2.05, 4.69) is 22.4 Å². The molecule has 140 valence electrons. The number of hydrogen-bond donors (Lipinski definition) is 1. The van der Waals surface area contributed by atoms with Gasteiger partial charge in [0.05, 0.1) is 13.3 Å². The molecule has 1 aromatic heterocycles. The van der Waals surface area contributed by atoms with Crippen LogP contribution in [0.5, 0.6) is 5.75 Å². The minimum absolute atomic E-state index is 0.0498.